The molecule has 0 saturated carbocycles. The molecular weight excluding hydrogens is 190 g/mol. The van der Waals surface area contributed by atoms with Gasteiger partial charge in [-0.25, -0.2) is 4.98 Å². The summed E-state index contributed by atoms with van der Waals surface area (Å²) in [4.78, 5) is 18.1. The third-order valence-electron chi connectivity index (χ3n) is 2.49. The monoisotopic (exact) mass is 203 g/mol. The van der Waals surface area contributed by atoms with Crippen molar-refractivity contribution in [2.75, 3.05) is 0 Å². The van der Waals surface area contributed by atoms with Crippen LogP contribution in [0.15, 0.2) is 12.1 Å². The van der Waals surface area contributed by atoms with Gasteiger partial charge in [-0.15, -0.1) is 0 Å². The van der Waals surface area contributed by atoms with E-state index in [-0.39, 0.29) is 12.3 Å². The zero-order valence-electron chi connectivity index (χ0n) is 8.79. The van der Waals surface area contributed by atoms with Gasteiger partial charge in [0.1, 0.15) is 5.82 Å². The SMILES string of the molecule is Cc1cc2nc(CC(N)=O)[nH]c2cc1C. The molecule has 0 unspecified atom stereocenters. The number of carbonyl (C=O) groups is 1. The summed E-state index contributed by atoms with van der Waals surface area (Å²) in [6, 6.07) is 4.04. The van der Waals surface area contributed by atoms with E-state index in [1.807, 2.05) is 26.0 Å². The number of nitrogens with two attached hydrogens (primary N) is 1. The van der Waals surface area contributed by atoms with Crippen LogP contribution >= 0.6 is 0 Å². The quantitative estimate of drug-likeness (QED) is 0.770. The molecule has 78 valence electrons. The second-order valence-electron chi connectivity index (χ2n) is 3.78. The molecule has 0 spiro atoms. The van der Waals surface area contributed by atoms with Crippen LogP contribution in [-0.2, 0) is 11.2 Å². The number of amides is 1. The van der Waals surface area contributed by atoms with Gasteiger partial charge >= 0.3 is 0 Å². The summed E-state index contributed by atoms with van der Waals surface area (Å²) in [5, 5.41) is 0. The van der Waals surface area contributed by atoms with Gasteiger partial charge in [-0.1, -0.05) is 0 Å². The van der Waals surface area contributed by atoms with Gasteiger partial charge in [-0.3, -0.25) is 4.79 Å². The molecule has 3 N–H and O–H groups in total. The van der Waals surface area contributed by atoms with Crippen molar-refractivity contribution < 1.29 is 4.79 Å². The molecule has 0 aliphatic carbocycles. The molecule has 2 aromatic rings. The van der Waals surface area contributed by atoms with Gasteiger partial charge in [-0.2, -0.15) is 0 Å². The molecule has 15 heavy (non-hydrogen) atoms. The lowest BCUT2D eigenvalue weighted by Crippen LogP contribution is -2.14. The lowest BCUT2D eigenvalue weighted by molar-refractivity contribution is -0.117. The normalized spacial score (nSPS) is 10.8. The number of primary amides is 1. The van der Waals surface area contributed by atoms with E-state index in [4.69, 9.17) is 5.73 Å². The maximum Gasteiger partial charge on any atom is 0.225 e. The Morgan fingerprint density at radius 1 is 1.40 bits per heavy atom. The number of aromatic amines is 1. The summed E-state index contributed by atoms with van der Waals surface area (Å²) in [5.41, 5.74) is 9.34. The van der Waals surface area contributed by atoms with Crippen molar-refractivity contribution in [1.82, 2.24) is 9.97 Å². The Morgan fingerprint density at radius 2 is 2.07 bits per heavy atom. The molecule has 1 heterocycles. The topological polar surface area (TPSA) is 71.8 Å². The highest BCUT2D eigenvalue weighted by Gasteiger charge is 2.06. The van der Waals surface area contributed by atoms with E-state index < -0.39 is 0 Å². The number of hydrogen-bond acceptors (Lipinski definition) is 2. The van der Waals surface area contributed by atoms with Crippen molar-refractivity contribution >= 4 is 16.9 Å². The summed E-state index contributed by atoms with van der Waals surface area (Å²) < 4.78 is 0. The van der Waals surface area contributed by atoms with Crippen LogP contribution in [0.4, 0.5) is 0 Å². The van der Waals surface area contributed by atoms with Crippen molar-refractivity contribution in [2.24, 2.45) is 5.73 Å². The lowest BCUT2D eigenvalue weighted by Gasteiger charge is -1.97. The highest BCUT2D eigenvalue weighted by atomic mass is 16.1. The number of imidazole rings is 1. The van der Waals surface area contributed by atoms with Gasteiger partial charge in [0.25, 0.3) is 0 Å². The van der Waals surface area contributed by atoms with Gasteiger partial charge in [0, 0.05) is 0 Å². The van der Waals surface area contributed by atoms with Crippen molar-refractivity contribution in [3.8, 4) is 0 Å². The number of aromatic nitrogens is 2. The molecule has 0 saturated heterocycles. The first-order chi connectivity index (χ1) is 7.06. The van der Waals surface area contributed by atoms with E-state index in [2.05, 4.69) is 9.97 Å². The molecule has 4 nitrogen and oxygen atoms in total. The fourth-order valence-corrected chi connectivity index (χ4v) is 1.57. The molecule has 0 aliphatic rings. The fourth-order valence-electron chi connectivity index (χ4n) is 1.57. The van der Waals surface area contributed by atoms with Crippen molar-refractivity contribution in [1.29, 1.82) is 0 Å². The molecule has 2 rings (SSSR count). The van der Waals surface area contributed by atoms with Gasteiger partial charge in [0.05, 0.1) is 17.5 Å². The first-order valence-electron chi connectivity index (χ1n) is 4.80. The summed E-state index contributed by atoms with van der Waals surface area (Å²) >= 11 is 0. The molecule has 0 radical (unpaired) electrons. The van der Waals surface area contributed by atoms with Crippen LogP contribution in [0.5, 0.6) is 0 Å². The largest absolute Gasteiger partial charge is 0.369 e. The Morgan fingerprint density at radius 3 is 2.73 bits per heavy atom. The highest BCUT2D eigenvalue weighted by molar-refractivity contribution is 5.80. The van der Waals surface area contributed by atoms with Crippen LogP contribution in [-0.4, -0.2) is 15.9 Å². The average molecular weight is 203 g/mol. The van der Waals surface area contributed by atoms with E-state index >= 15 is 0 Å². The number of nitrogens with zero attached hydrogens (tertiary/aromatic N) is 1. The molecule has 0 bridgehead atoms. The van der Waals surface area contributed by atoms with Crippen LogP contribution in [0.2, 0.25) is 0 Å². The second-order valence-corrected chi connectivity index (χ2v) is 3.78. The van der Waals surface area contributed by atoms with E-state index in [9.17, 15) is 4.79 Å². The Balaban J connectivity index is 2.51. The van der Waals surface area contributed by atoms with Crippen molar-refractivity contribution in [3.63, 3.8) is 0 Å². The number of aryl methyl sites for hydroxylation is 2. The highest BCUT2D eigenvalue weighted by Crippen LogP contribution is 2.17. The number of carbonyl (C=O) groups excluding carboxylic acids is 1. The minimum Gasteiger partial charge on any atom is -0.369 e. The predicted molar refractivity (Wildman–Crippen MR) is 58.5 cm³/mol. The first kappa shape index (κ1) is 9.71. The van der Waals surface area contributed by atoms with Gasteiger partial charge in [0.2, 0.25) is 5.91 Å². The molecule has 1 aromatic carbocycles. The molecular formula is C11H13N3O. The zero-order chi connectivity index (χ0) is 11.0. The van der Waals surface area contributed by atoms with Gasteiger partial charge in [0.15, 0.2) is 0 Å². The summed E-state index contributed by atoms with van der Waals surface area (Å²) in [6.45, 7) is 4.08. The van der Waals surface area contributed by atoms with Crippen LogP contribution < -0.4 is 5.73 Å². The maximum absolute atomic E-state index is 10.7. The van der Waals surface area contributed by atoms with Crippen molar-refractivity contribution in [3.05, 3.63) is 29.1 Å². The number of nitrogens with one attached hydrogen (secondary N) is 1. The Hall–Kier alpha value is -1.84. The van der Waals surface area contributed by atoms with Crippen LogP contribution in [0.3, 0.4) is 0 Å². The Labute approximate surface area is 87.5 Å². The van der Waals surface area contributed by atoms with E-state index in [1.165, 1.54) is 11.1 Å². The van der Waals surface area contributed by atoms with E-state index in [1.54, 1.807) is 0 Å². The fraction of sp³-hybridized carbons (Fsp3) is 0.273. The number of H-pyrrole nitrogens is 1. The summed E-state index contributed by atoms with van der Waals surface area (Å²) in [6.07, 6.45) is 0.159. The number of fused-ring (bicyclic) bond motifs is 1. The van der Waals surface area contributed by atoms with E-state index in [0.29, 0.717) is 5.82 Å². The lowest BCUT2D eigenvalue weighted by atomic mass is 10.1. The van der Waals surface area contributed by atoms with Gasteiger partial charge in [-0.05, 0) is 37.1 Å². The third-order valence-corrected chi connectivity index (χ3v) is 2.49. The van der Waals surface area contributed by atoms with Crippen LogP contribution in [0.25, 0.3) is 11.0 Å². The average Bonchev–Trinajstić information content (AvgIpc) is 2.46. The number of rotatable bonds is 2. The number of hydrogen-bond donors (Lipinski definition) is 2. The first-order valence-corrected chi connectivity index (χ1v) is 4.80. The zero-order valence-corrected chi connectivity index (χ0v) is 8.79. The molecule has 0 aliphatic heterocycles. The molecule has 0 fully saturated rings. The summed E-state index contributed by atoms with van der Waals surface area (Å²) in [5.74, 6) is 0.255. The second kappa shape index (κ2) is 3.38. The van der Waals surface area contributed by atoms with Crippen LogP contribution in [0.1, 0.15) is 17.0 Å². The maximum atomic E-state index is 10.7. The van der Waals surface area contributed by atoms with Crippen LogP contribution in [0, 0.1) is 13.8 Å². The molecule has 1 aromatic heterocycles. The van der Waals surface area contributed by atoms with E-state index in [0.717, 1.165) is 11.0 Å². The minimum absolute atomic E-state index is 0.159. The smallest absolute Gasteiger partial charge is 0.225 e. The molecule has 1 amide bonds. The summed E-state index contributed by atoms with van der Waals surface area (Å²) in [7, 11) is 0. The minimum atomic E-state index is -0.373. The third kappa shape index (κ3) is 1.83. The molecule has 0 atom stereocenters. The Kier molecular flexibility index (Phi) is 2.19. The predicted octanol–water partition coefficient (Wildman–Crippen LogP) is 1.21. The van der Waals surface area contributed by atoms with Gasteiger partial charge < -0.3 is 10.7 Å². The van der Waals surface area contributed by atoms with Crippen molar-refractivity contribution in [2.45, 2.75) is 20.3 Å². The molecule has 4 heteroatoms. The Bertz CT molecular complexity index is 489. The standard InChI is InChI=1S/C11H13N3O/c1-6-3-8-9(4-7(6)2)14-11(13-8)5-10(12)15/h3-4H,5H2,1-2H3,(H2,12,15)(H,13,14). The number of benzene rings is 1.